The van der Waals surface area contributed by atoms with Gasteiger partial charge in [-0.1, -0.05) is 0 Å². The predicted molar refractivity (Wildman–Crippen MR) is 95.2 cm³/mol. The Morgan fingerprint density at radius 3 is 2.92 bits per heavy atom. The van der Waals surface area contributed by atoms with Crippen molar-refractivity contribution >= 4 is 11.7 Å². The highest BCUT2D eigenvalue weighted by Crippen LogP contribution is 2.21. The minimum absolute atomic E-state index is 0.198. The smallest absolute Gasteiger partial charge is 0.274 e. The molecule has 0 spiro atoms. The number of rotatable bonds is 6. The third-order valence-electron chi connectivity index (χ3n) is 4.29. The lowest BCUT2D eigenvalue weighted by Gasteiger charge is -2.19. The molecule has 26 heavy (non-hydrogen) atoms. The number of ether oxygens (including phenoxy) is 1. The Morgan fingerprint density at radius 2 is 2.15 bits per heavy atom. The first-order valence-electron chi connectivity index (χ1n) is 8.59. The summed E-state index contributed by atoms with van der Waals surface area (Å²) in [6.07, 6.45) is 3.76. The maximum Gasteiger partial charge on any atom is 0.274 e. The van der Waals surface area contributed by atoms with Gasteiger partial charge in [0.05, 0.1) is 5.69 Å². The van der Waals surface area contributed by atoms with E-state index in [9.17, 15) is 9.59 Å². The van der Waals surface area contributed by atoms with Gasteiger partial charge < -0.3 is 15.0 Å². The maximum atomic E-state index is 12.6. The molecule has 0 aliphatic carbocycles. The van der Waals surface area contributed by atoms with Crippen molar-refractivity contribution in [2.75, 3.05) is 38.7 Å². The number of hydrogen-bond acceptors (Lipinski definition) is 7. The number of H-pyrrole nitrogens is 1. The number of nitrogens with zero attached hydrogens (tertiary/aromatic N) is 4. The SMILES string of the molecule is COCCCNc1ncnc2c1CCN(C(=O)c1ccc(=O)[nH]n1)CC2. The van der Waals surface area contributed by atoms with Crippen LogP contribution in [-0.4, -0.2) is 64.3 Å². The molecule has 9 heteroatoms. The van der Waals surface area contributed by atoms with Crippen molar-refractivity contribution in [1.29, 1.82) is 0 Å². The molecule has 2 aromatic rings. The molecule has 9 nitrogen and oxygen atoms in total. The number of amides is 1. The van der Waals surface area contributed by atoms with Gasteiger partial charge in [-0.2, -0.15) is 5.10 Å². The first-order valence-corrected chi connectivity index (χ1v) is 8.59. The zero-order valence-electron chi connectivity index (χ0n) is 14.7. The highest BCUT2D eigenvalue weighted by atomic mass is 16.5. The number of carbonyl (C=O) groups is 1. The highest BCUT2D eigenvalue weighted by molar-refractivity contribution is 5.92. The van der Waals surface area contributed by atoms with Crippen LogP contribution in [0.2, 0.25) is 0 Å². The van der Waals surface area contributed by atoms with Crippen molar-refractivity contribution in [2.45, 2.75) is 19.3 Å². The van der Waals surface area contributed by atoms with Crippen molar-refractivity contribution < 1.29 is 9.53 Å². The number of hydrogen-bond donors (Lipinski definition) is 2. The van der Waals surface area contributed by atoms with Crippen LogP contribution in [0.3, 0.4) is 0 Å². The van der Waals surface area contributed by atoms with Crippen molar-refractivity contribution in [1.82, 2.24) is 25.1 Å². The molecular formula is C17H22N6O3. The zero-order chi connectivity index (χ0) is 18.4. The largest absolute Gasteiger partial charge is 0.385 e. The molecule has 0 saturated carbocycles. The Bertz CT molecular complexity index is 802. The molecule has 0 fully saturated rings. The molecule has 0 radical (unpaired) electrons. The van der Waals surface area contributed by atoms with Gasteiger partial charge in [0.25, 0.3) is 11.5 Å². The summed E-state index contributed by atoms with van der Waals surface area (Å²) in [6, 6.07) is 2.75. The minimum atomic E-state index is -0.329. The van der Waals surface area contributed by atoms with Gasteiger partial charge in [0, 0.05) is 51.4 Å². The summed E-state index contributed by atoms with van der Waals surface area (Å²) in [6.45, 7) is 2.55. The van der Waals surface area contributed by atoms with E-state index in [-0.39, 0.29) is 17.2 Å². The van der Waals surface area contributed by atoms with Gasteiger partial charge in [-0.25, -0.2) is 15.1 Å². The maximum absolute atomic E-state index is 12.6. The summed E-state index contributed by atoms with van der Waals surface area (Å²) in [7, 11) is 1.68. The second-order valence-electron chi connectivity index (χ2n) is 6.02. The van der Waals surface area contributed by atoms with Gasteiger partial charge in [-0.05, 0) is 18.9 Å². The Labute approximate surface area is 150 Å². The molecule has 0 aromatic carbocycles. The highest BCUT2D eigenvalue weighted by Gasteiger charge is 2.23. The van der Waals surface area contributed by atoms with Crippen LogP contribution in [0, 0.1) is 0 Å². The predicted octanol–water partition coefficient (Wildman–Crippen LogP) is 0.249. The van der Waals surface area contributed by atoms with Crippen LogP contribution < -0.4 is 10.9 Å². The zero-order valence-corrected chi connectivity index (χ0v) is 14.7. The van der Waals surface area contributed by atoms with Gasteiger partial charge in [0.15, 0.2) is 0 Å². The Balaban J connectivity index is 1.69. The number of methoxy groups -OCH3 is 1. The lowest BCUT2D eigenvalue weighted by molar-refractivity contribution is 0.0755. The van der Waals surface area contributed by atoms with Crippen LogP contribution in [0.15, 0.2) is 23.3 Å². The second kappa shape index (κ2) is 8.52. The van der Waals surface area contributed by atoms with Crippen LogP contribution in [0.25, 0.3) is 0 Å². The van der Waals surface area contributed by atoms with Gasteiger partial charge in [-0.3, -0.25) is 9.59 Å². The fourth-order valence-electron chi connectivity index (χ4n) is 2.93. The van der Waals surface area contributed by atoms with Crippen LogP contribution in [-0.2, 0) is 17.6 Å². The van der Waals surface area contributed by atoms with Crippen LogP contribution in [0.4, 0.5) is 5.82 Å². The molecule has 3 rings (SSSR count). The number of carbonyl (C=O) groups excluding carboxylic acids is 1. The summed E-state index contributed by atoms with van der Waals surface area (Å²) in [5, 5.41) is 9.46. The average molecular weight is 358 g/mol. The summed E-state index contributed by atoms with van der Waals surface area (Å²) < 4.78 is 5.06. The monoisotopic (exact) mass is 358 g/mol. The fraction of sp³-hybridized carbons (Fsp3) is 0.471. The van der Waals surface area contributed by atoms with E-state index in [1.807, 2.05) is 0 Å². The van der Waals surface area contributed by atoms with Gasteiger partial charge in [0.1, 0.15) is 17.8 Å². The molecule has 0 bridgehead atoms. The van der Waals surface area contributed by atoms with E-state index in [0.717, 1.165) is 30.0 Å². The van der Waals surface area contributed by atoms with E-state index in [0.29, 0.717) is 32.5 Å². The summed E-state index contributed by atoms with van der Waals surface area (Å²) >= 11 is 0. The van der Waals surface area contributed by atoms with Crippen LogP contribution in [0.1, 0.15) is 28.2 Å². The first kappa shape index (κ1) is 18.0. The molecule has 0 atom stereocenters. The molecular weight excluding hydrogens is 336 g/mol. The number of fused-ring (bicyclic) bond motifs is 1. The standard InChI is InChI=1S/C17H22N6O3/c1-26-10-2-7-18-16-12-5-8-23(9-6-13(12)19-11-20-16)17(25)14-3-4-15(24)22-21-14/h3-4,11H,2,5-10H2,1H3,(H,22,24)(H,18,19,20). The van der Waals surface area contributed by atoms with E-state index in [2.05, 4.69) is 25.5 Å². The average Bonchev–Trinajstić information content (AvgIpc) is 2.88. The summed E-state index contributed by atoms with van der Waals surface area (Å²) in [5.74, 6) is 0.624. The van der Waals surface area contributed by atoms with E-state index >= 15 is 0 Å². The van der Waals surface area contributed by atoms with Crippen LogP contribution >= 0.6 is 0 Å². The minimum Gasteiger partial charge on any atom is -0.385 e. The Kier molecular flexibility index (Phi) is 5.90. The van der Waals surface area contributed by atoms with Crippen molar-refractivity contribution in [3.8, 4) is 0 Å². The number of nitrogens with one attached hydrogen (secondary N) is 2. The molecule has 138 valence electrons. The van der Waals surface area contributed by atoms with Gasteiger partial charge in [-0.15, -0.1) is 0 Å². The molecule has 2 aromatic heterocycles. The van der Waals surface area contributed by atoms with Crippen molar-refractivity contribution in [3.05, 3.63) is 45.8 Å². The molecule has 1 amide bonds. The summed E-state index contributed by atoms with van der Waals surface area (Å²) in [5.41, 5.74) is 1.91. The third kappa shape index (κ3) is 4.23. The fourth-order valence-corrected chi connectivity index (χ4v) is 2.93. The van der Waals surface area contributed by atoms with E-state index in [1.54, 1.807) is 18.3 Å². The molecule has 3 heterocycles. The summed E-state index contributed by atoms with van der Waals surface area (Å²) in [4.78, 5) is 34.2. The first-order chi connectivity index (χ1) is 12.7. The second-order valence-corrected chi connectivity index (χ2v) is 6.02. The van der Waals surface area contributed by atoms with Crippen molar-refractivity contribution in [2.24, 2.45) is 0 Å². The normalized spacial score (nSPS) is 13.8. The van der Waals surface area contributed by atoms with Crippen molar-refractivity contribution in [3.63, 3.8) is 0 Å². The van der Waals surface area contributed by atoms with Gasteiger partial charge >= 0.3 is 0 Å². The lowest BCUT2D eigenvalue weighted by Crippen LogP contribution is -2.34. The third-order valence-corrected chi connectivity index (χ3v) is 4.29. The molecule has 0 unspecified atom stereocenters. The Hall–Kier alpha value is -2.81. The Morgan fingerprint density at radius 1 is 1.31 bits per heavy atom. The lowest BCUT2D eigenvalue weighted by atomic mass is 10.1. The molecule has 0 saturated heterocycles. The van der Waals surface area contributed by atoms with Crippen LogP contribution in [0.5, 0.6) is 0 Å². The van der Waals surface area contributed by atoms with E-state index in [1.165, 1.54) is 12.1 Å². The molecule has 2 N–H and O–H groups in total. The quantitative estimate of drug-likeness (QED) is 0.712. The topological polar surface area (TPSA) is 113 Å². The molecule has 1 aliphatic rings. The van der Waals surface area contributed by atoms with E-state index in [4.69, 9.17) is 4.74 Å². The van der Waals surface area contributed by atoms with E-state index < -0.39 is 0 Å². The number of aromatic nitrogens is 4. The number of anilines is 1. The van der Waals surface area contributed by atoms with Gasteiger partial charge in [0.2, 0.25) is 0 Å². The number of aromatic amines is 1. The molecule has 1 aliphatic heterocycles.